The molecule has 0 heterocycles. The predicted octanol–water partition coefficient (Wildman–Crippen LogP) is 2.18. The Morgan fingerprint density at radius 1 is 1.37 bits per heavy atom. The third-order valence-electron chi connectivity index (χ3n) is 2.19. The van der Waals surface area contributed by atoms with Crippen LogP contribution in [0.1, 0.15) is 5.56 Å². The van der Waals surface area contributed by atoms with E-state index in [1.165, 1.54) is 6.92 Å². The highest BCUT2D eigenvalue weighted by Gasteiger charge is 2.41. The summed E-state index contributed by atoms with van der Waals surface area (Å²) in [7, 11) is -4.78. The van der Waals surface area contributed by atoms with Crippen LogP contribution in [0.25, 0.3) is 0 Å². The van der Waals surface area contributed by atoms with Gasteiger partial charge in [0.2, 0.25) is 0 Å². The van der Waals surface area contributed by atoms with Crippen LogP contribution in [0, 0.1) is 6.92 Å². The van der Waals surface area contributed by atoms with Crippen LogP contribution in [-0.2, 0) is 10.1 Å². The molecule has 1 aromatic carbocycles. The fourth-order valence-corrected chi connectivity index (χ4v) is 1.61. The summed E-state index contributed by atoms with van der Waals surface area (Å²) in [6.07, 6.45) is -3.90. The molecule has 0 spiro atoms. The summed E-state index contributed by atoms with van der Waals surface area (Å²) in [5, 5.41) is 0. The van der Waals surface area contributed by atoms with Crippen molar-refractivity contribution in [3.8, 4) is 5.75 Å². The molecule has 108 valence electrons. The van der Waals surface area contributed by atoms with Gasteiger partial charge in [0.25, 0.3) is 0 Å². The highest BCUT2D eigenvalue weighted by Crippen LogP contribution is 2.27. The van der Waals surface area contributed by atoms with Gasteiger partial charge in [-0.2, -0.15) is 8.78 Å². The molecule has 0 aliphatic heterocycles. The number of hydrogen-bond acceptors (Lipinski definition) is 4. The Kier molecular flexibility index (Phi) is 4.41. The van der Waals surface area contributed by atoms with Crippen LogP contribution in [0.15, 0.2) is 23.1 Å². The van der Waals surface area contributed by atoms with Crippen molar-refractivity contribution in [1.82, 2.24) is 0 Å². The van der Waals surface area contributed by atoms with Gasteiger partial charge in [0.15, 0.2) is 6.61 Å². The monoisotopic (exact) mass is 301 g/mol. The molecule has 0 N–H and O–H groups in total. The third kappa shape index (κ3) is 4.06. The molecule has 0 aliphatic carbocycles. The van der Waals surface area contributed by atoms with Crippen molar-refractivity contribution >= 4 is 10.1 Å². The van der Waals surface area contributed by atoms with Gasteiger partial charge in [-0.3, -0.25) is 0 Å². The van der Waals surface area contributed by atoms with Crippen LogP contribution >= 0.6 is 0 Å². The third-order valence-corrected chi connectivity index (χ3v) is 3.02. The van der Waals surface area contributed by atoms with Crippen LogP contribution in [0.5, 0.6) is 5.75 Å². The predicted molar refractivity (Wildman–Crippen MR) is 55.6 cm³/mol. The van der Waals surface area contributed by atoms with Crippen molar-refractivity contribution in [2.24, 2.45) is 0 Å². The summed E-state index contributed by atoms with van der Waals surface area (Å²) in [4.78, 5) is -0.687. The molecule has 0 radical (unpaired) electrons. The second-order valence-electron chi connectivity index (χ2n) is 3.73. The minimum Gasteiger partial charge on any atom is -0.744 e. The highest BCUT2D eigenvalue weighted by molar-refractivity contribution is 7.85. The first kappa shape index (κ1) is 15.7. The molecule has 0 fully saturated rings. The molecule has 19 heavy (non-hydrogen) atoms. The van der Waals surface area contributed by atoms with E-state index in [1.54, 1.807) is 0 Å². The summed E-state index contributed by atoms with van der Waals surface area (Å²) in [6, 6.07) is 2.84. The molecule has 0 saturated carbocycles. The Balaban J connectivity index is 2.96. The van der Waals surface area contributed by atoms with E-state index in [9.17, 15) is 30.5 Å². The molecule has 0 saturated heterocycles. The Morgan fingerprint density at radius 2 is 1.95 bits per heavy atom. The van der Waals surface area contributed by atoms with E-state index < -0.39 is 34.0 Å². The van der Waals surface area contributed by atoms with Crippen molar-refractivity contribution in [2.45, 2.75) is 24.2 Å². The lowest BCUT2D eigenvalue weighted by atomic mass is 10.2. The molecular weight excluding hydrogens is 292 g/mol. The van der Waals surface area contributed by atoms with Crippen molar-refractivity contribution in [1.29, 1.82) is 0 Å². The summed E-state index contributed by atoms with van der Waals surface area (Å²) in [5.41, 5.74) is 0.234. The minimum absolute atomic E-state index is 0.234. The Bertz CT molecular complexity index is 557. The second kappa shape index (κ2) is 5.33. The maximum Gasteiger partial charge on any atom is 0.340 e. The van der Waals surface area contributed by atoms with Crippen LogP contribution < -0.4 is 4.74 Å². The van der Waals surface area contributed by atoms with E-state index in [2.05, 4.69) is 4.74 Å². The van der Waals surface area contributed by atoms with Gasteiger partial charge in [-0.1, -0.05) is 6.07 Å². The Labute approximate surface area is 106 Å². The Hall–Kier alpha value is -1.35. The lowest BCUT2D eigenvalue weighted by Crippen LogP contribution is -2.33. The fraction of sp³-hybridized carbons (Fsp3) is 0.400. The summed E-state index contributed by atoms with van der Waals surface area (Å²) in [6.45, 7) is -0.231. The van der Waals surface area contributed by atoms with Gasteiger partial charge in [-0.05, 0) is 24.6 Å². The van der Waals surface area contributed by atoms with Crippen LogP contribution in [-0.4, -0.2) is 31.9 Å². The van der Waals surface area contributed by atoms with Crippen molar-refractivity contribution in [3.63, 3.8) is 0 Å². The number of rotatable bonds is 5. The zero-order chi connectivity index (χ0) is 14.8. The van der Waals surface area contributed by atoms with Gasteiger partial charge in [-0.15, -0.1) is 0 Å². The van der Waals surface area contributed by atoms with Crippen LogP contribution in [0.4, 0.5) is 17.6 Å². The van der Waals surface area contributed by atoms with E-state index in [1.807, 2.05) is 0 Å². The molecule has 0 amide bonds. The van der Waals surface area contributed by atoms with Crippen molar-refractivity contribution in [3.05, 3.63) is 23.8 Å². The molecule has 0 atom stereocenters. The number of alkyl halides is 4. The fourth-order valence-electron chi connectivity index (χ4n) is 1.13. The molecular formula is C10H9F4O4S-. The molecule has 0 bridgehead atoms. The zero-order valence-electron chi connectivity index (χ0n) is 9.57. The van der Waals surface area contributed by atoms with E-state index in [0.717, 1.165) is 18.2 Å². The van der Waals surface area contributed by atoms with Gasteiger partial charge in [0.1, 0.15) is 15.9 Å². The largest absolute Gasteiger partial charge is 0.744 e. The van der Waals surface area contributed by atoms with E-state index >= 15 is 0 Å². The van der Waals surface area contributed by atoms with Crippen LogP contribution in [0.3, 0.4) is 0 Å². The lowest BCUT2D eigenvalue weighted by molar-refractivity contribution is -0.148. The maximum atomic E-state index is 12.6. The van der Waals surface area contributed by atoms with Crippen LogP contribution in [0.2, 0.25) is 0 Å². The molecule has 9 heteroatoms. The minimum atomic E-state index is -4.78. The van der Waals surface area contributed by atoms with Gasteiger partial charge < -0.3 is 9.29 Å². The lowest BCUT2D eigenvalue weighted by Gasteiger charge is -2.18. The first-order chi connectivity index (χ1) is 8.54. The number of aryl methyl sites for hydroxylation is 1. The van der Waals surface area contributed by atoms with Gasteiger partial charge in [-0.25, -0.2) is 17.2 Å². The first-order valence-electron chi connectivity index (χ1n) is 4.89. The zero-order valence-corrected chi connectivity index (χ0v) is 10.4. The highest BCUT2D eigenvalue weighted by atomic mass is 32.2. The molecule has 1 rings (SSSR count). The van der Waals surface area contributed by atoms with Crippen molar-refractivity contribution < 1.29 is 35.3 Å². The molecule has 1 aromatic rings. The maximum absolute atomic E-state index is 12.6. The molecule has 0 aromatic heterocycles. The number of benzene rings is 1. The van der Waals surface area contributed by atoms with Crippen molar-refractivity contribution in [2.75, 3.05) is 6.61 Å². The first-order valence-corrected chi connectivity index (χ1v) is 6.30. The van der Waals surface area contributed by atoms with E-state index in [-0.39, 0.29) is 11.3 Å². The number of hydrogen-bond donors (Lipinski definition) is 0. The summed E-state index contributed by atoms with van der Waals surface area (Å²) in [5.74, 6) is -4.73. The number of halogens is 4. The van der Waals surface area contributed by atoms with Gasteiger partial charge >= 0.3 is 12.3 Å². The quantitative estimate of drug-likeness (QED) is 0.617. The Morgan fingerprint density at radius 3 is 2.42 bits per heavy atom. The summed E-state index contributed by atoms with van der Waals surface area (Å²) < 4.78 is 85.7. The standard InChI is InChI=1S/C10H10F4O4S/c1-6-2-3-7(19(15,16)17)4-8(6)18-5-10(13,14)9(11)12/h2-4,9H,5H2,1H3,(H,15,16,17)/p-1. The number of ether oxygens (including phenoxy) is 1. The molecule has 0 aliphatic rings. The SMILES string of the molecule is Cc1ccc(S(=O)(=O)[O-])cc1OCC(F)(F)C(F)F. The molecule has 0 unspecified atom stereocenters. The second-order valence-corrected chi connectivity index (χ2v) is 5.11. The summed E-state index contributed by atoms with van der Waals surface area (Å²) >= 11 is 0. The van der Waals surface area contributed by atoms with E-state index in [0.29, 0.717) is 0 Å². The smallest absolute Gasteiger partial charge is 0.340 e. The topological polar surface area (TPSA) is 66.4 Å². The average molecular weight is 301 g/mol. The normalized spacial score (nSPS) is 12.8. The van der Waals surface area contributed by atoms with E-state index in [4.69, 9.17) is 0 Å². The van der Waals surface area contributed by atoms with Gasteiger partial charge in [0, 0.05) is 0 Å². The molecule has 4 nitrogen and oxygen atoms in total. The van der Waals surface area contributed by atoms with Gasteiger partial charge in [0.05, 0.1) is 4.90 Å². The average Bonchev–Trinajstić information content (AvgIpc) is 2.26.